The highest BCUT2D eigenvalue weighted by molar-refractivity contribution is 5.72. The molecule has 1 aromatic heterocycles. The van der Waals surface area contributed by atoms with Crippen LogP contribution in [0.15, 0.2) is 30.5 Å². The molecule has 0 bridgehead atoms. The number of aromatic nitrogens is 2. The second kappa shape index (κ2) is 3.74. The van der Waals surface area contributed by atoms with Crippen molar-refractivity contribution in [2.24, 2.45) is 7.05 Å². The van der Waals surface area contributed by atoms with E-state index in [4.69, 9.17) is 10.8 Å². The van der Waals surface area contributed by atoms with Gasteiger partial charge in [-0.1, -0.05) is 24.3 Å². The first-order chi connectivity index (χ1) is 7.22. The van der Waals surface area contributed by atoms with Gasteiger partial charge in [0, 0.05) is 12.6 Å². The molecule has 2 rings (SSSR count). The van der Waals surface area contributed by atoms with Crippen LogP contribution in [0.3, 0.4) is 0 Å². The van der Waals surface area contributed by atoms with Crippen molar-refractivity contribution < 1.29 is 5.11 Å². The lowest BCUT2D eigenvalue weighted by molar-refractivity contribution is 0.282. The van der Waals surface area contributed by atoms with Crippen molar-refractivity contribution in [2.75, 3.05) is 5.73 Å². The van der Waals surface area contributed by atoms with Crippen molar-refractivity contribution in [3.63, 3.8) is 0 Å². The second-order valence-electron chi connectivity index (χ2n) is 3.43. The smallest absolute Gasteiger partial charge is 0.0908 e. The third kappa shape index (κ3) is 1.71. The van der Waals surface area contributed by atoms with Gasteiger partial charge in [0.25, 0.3) is 0 Å². The van der Waals surface area contributed by atoms with Gasteiger partial charge in [-0.15, -0.1) is 0 Å². The molecule has 2 aromatic rings. The topological polar surface area (TPSA) is 64.1 Å². The van der Waals surface area contributed by atoms with Crippen LogP contribution in [0.1, 0.15) is 5.56 Å². The summed E-state index contributed by atoms with van der Waals surface area (Å²) in [5.74, 6) is 0. The summed E-state index contributed by atoms with van der Waals surface area (Å²) in [4.78, 5) is 0. The average Bonchev–Trinajstić information content (AvgIpc) is 2.59. The number of rotatable bonds is 2. The summed E-state index contributed by atoms with van der Waals surface area (Å²) < 4.78 is 1.74. The molecule has 0 aliphatic rings. The fourth-order valence-electron chi connectivity index (χ4n) is 1.58. The number of nitrogens with zero attached hydrogens (tertiary/aromatic N) is 2. The van der Waals surface area contributed by atoms with Gasteiger partial charge in [-0.05, 0) is 5.56 Å². The van der Waals surface area contributed by atoms with Crippen molar-refractivity contribution in [1.82, 2.24) is 9.78 Å². The van der Waals surface area contributed by atoms with Gasteiger partial charge < -0.3 is 10.8 Å². The number of aryl methyl sites for hydroxylation is 1. The minimum atomic E-state index is 0.0567. The number of anilines is 1. The van der Waals surface area contributed by atoms with Gasteiger partial charge in [-0.3, -0.25) is 4.68 Å². The molecule has 0 aliphatic carbocycles. The van der Waals surface area contributed by atoms with Gasteiger partial charge in [0.2, 0.25) is 0 Å². The third-order valence-electron chi connectivity index (χ3n) is 2.38. The maximum absolute atomic E-state index is 8.93. The maximum Gasteiger partial charge on any atom is 0.0908 e. The van der Waals surface area contributed by atoms with E-state index in [1.165, 1.54) is 0 Å². The van der Waals surface area contributed by atoms with Crippen LogP contribution in [0.5, 0.6) is 0 Å². The summed E-state index contributed by atoms with van der Waals surface area (Å²) in [7, 11) is 1.85. The van der Waals surface area contributed by atoms with Crippen molar-refractivity contribution in [3.8, 4) is 11.3 Å². The van der Waals surface area contributed by atoms with Crippen molar-refractivity contribution >= 4 is 5.69 Å². The molecular formula is C11H13N3O. The van der Waals surface area contributed by atoms with E-state index in [2.05, 4.69) is 5.10 Å². The first kappa shape index (κ1) is 9.73. The largest absolute Gasteiger partial charge is 0.396 e. The van der Waals surface area contributed by atoms with Crippen LogP contribution in [-0.2, 0) is 13.7 Å². The van der Waals surface area contributed by atoms with E-state index in [0.29, 0.717) is 5.69 Å². The summed E-state index contributed by atoms with van der Waals surface area (Å²) in [6.45, 7) is 0.0567. The lowest BCUT2D eigenvalue weighted by Crippen LogP contribution is -1.96. The molecule has 4 nitrogen and oxygen atoms in total. The van der Waals surface area contributed by atoms with Gasteiger partial charge in [0.05, 0.1) is 24.2 Å². The first-order valence-corrected chi connectivity index (χ1v) is 4.70. The Hall–Kier alpha value is -1.81. The van der Waals surface area contributed by atoms with E-state index >= 15 is 0 Å². The number of nitrogens with two attached hydrogens (primary N) is 1. The van der Waals surface area contributed by atoms with E-state index in [0.717, 1.165) is 16.8 Å². The number of aliphatic hydroxyl groups is 1. The summed E-state index contributed by atoms with van der Waals surface area (Å²) in [6.07, 6.45) is 1.63. The second-order valence-corrected chi connectivity index (χ2v) is 3.43. The molecule has 3 N–H and O–H groups in total. The first-order valence-electron chi connectivity index (χ1n) is 4.70. The quantitative estimate of drug-likeness (QED) is 0.769. The molecule has 0 aliphatic heterocycles. The molecule has 0 saturated heterocycles. The average molecular weight is 203 g/mol. The third-order valence-corrected chi connectivity index (χ3v) is 2.38. The molecule has 4 heteroatoms. The van der Waals surface area contributed by atoms with Crippen LogP contribution in [0.4, 0.5) is 5.69 Å². The standard InChI is InChI=1S/C11H13N3O/c1-14-11(10(12)6-13-14)9-4-2-8(7-15)3-5-9/h2-6,15H,7,12H2,1H3. The minimum Gasteiger partial charge on any atom is -0.396 e. The number of aliphatic hydroxyl groups excluding tert-OH is 1. The van der Waals surface area contributed by atoms with Gasteiger partial charge in [-0.2, -0.15) is 5.10 Å². The Labute approximate surface area is 88.0 Å². The zero-order chi connectivity index (χ0) is 10.8. The van der Waals surface area contributed by atoms with E-state index in [-0.39, 0.29) is 6.61 Å². The zero-order valence-electron chi connectivity index (χ0n) is 8.51. The number of benzene rings is 1. The molecule has 0 radical (unpaired) electrons. The lowest BCUT2D eigenvalue weighted by atomic mass is 10.1. The lowest BCUT2D eigenvalue weighted by Gasteiger charge is -2.04. The van der Waals surface area contributed by atoms with Crippen LogP contribution < -0.4 is 5.73 Å². The van der Waals surface area contributed by atoms with E-state index in [1.807, 2.05) is 31.3 Å². The number of hydrogen-bond donors (Lipinski definition) is 2. The summed E-state index contributed by atoms with van der Waals surface area (Å²) >= 11 is 0. The van der Waals surface area contributed by atoms with E-state index in [9.17, 15) is 0 Å². The highest BCUT2D eigenvalue weighted by atomic mass is 16.3. The normalized spacial score (nSPS) is 10.5. The van der Waals surface area contributed by atoms with Crippen molar-refractivity contribution in [1.29, 1.82) is 0 Å². The van der Waals surface area contributed by atoms with Gasteiger partial charge in [-0.25, -0.2) is 0 Å². The molecule has 1 heterocycles. The predicted octanol–water partition coefficient (Wildman–Crippen LogP) is 1.16. The maximum atomic E-state index is 8.93. The SMILES string of the molecule is Cn1ncc(N)c1-c1ccc(CO)cc1. The fourth-order valence-corrected chi connectivity index (χ4v) is 1.58. The van der Waals surface area contributed by atoms with Gasteiger partial charge >= 0.3 is 0 Å². The molecule has 1 aromatic carbocycles. The molecule has 0 saturated carbocycles. The Balaban J connectivity index is 2.45. The highest BCUT2D eigenvalue weighted by Gasteiger charge is 2.07. The fraction of sp³-hybridized carbons (Fsp3) is 0.182. The van der Waals surface area contributed by atoms with Crippen molar-refractivity contribution in [3.05, 3.63) is 36.0 Å². The Morgan fingerprint density at radius 3 is 2.47 bits per heavy atom. The highest BCUT2D eigenvalue weighted by Crippen LogP contribution is 2.24. The van der Waals surface area contributed by atoms with E-state index < -0.39 is 0 Å². The summed E-state index contributed by atoms with van der Waals surface area (Å²) in [5.41, 5.74) is 9.27. The molecule has 0 fully saturated rings. The molecule has 15 heavy (non-hydrogen) atoms. The Morgan fingerprint density at radius 1 is 1.33 bits per heavy atom. The Kier molecular flexibility index (Phi) is 2.43. The molecule has 0 unspecified atom stereocenters. The number of nitrogen functional groups attached to an aromatic ring is 1. The van der Waals surface area contributed by atoms with Crippen LogP contribution in [0.2, 0.25) is 0 Å². The van der Waals surface area contributed by atoms with Crippen LogP contribution >= 0.6 is 0 Å². The molecular weight excluding hydrogens is 190 g/mol. The summed E-state index contributed by atoms with van der Waals surface area (Å²) in [5, 5.41) is 13.0. The van der Waals surface area contributed by atoms with E-state index in [1.54, 1.807) is 10.9 Å². The molecule has 0 amide bonds. The van der Waals surface area contributed by atoms with Gasteiger partial charge in [0.15, 0.2) is 0 Å². The van der Waals surface area contributed by atoms with Crippen molar-refractivity contribution in [2.45, 2.75) is 6.61 Å². The minimum absolute atomic E-state index is 0.0567. The molecule has 78 valence electrons. The van der Waals surface area contributed by atoms with Gasteiger partial charge in [0.1, 0.15) is 0 Å². The predicted molar refractivity (Wildman–Crippen MR) is 59.0 cm³/mol. The molecule has 0 spiro atoms. The van der Waals surface area contributed by atoms with Crippen LogP contribution in [0, 0.1) is 0 Å². The Bertz CT molecular complexity index is 440. The number of hydrogen-bond acceptors (Lipinski definition) is 3. The Morgan fingerprint density at radius 2 is 2.00 bits per heavy atom. The van der Waals surface area contributed by atoms with Crippen LogP contribution in [-0.4, -0.2) is 14.9 Å². The summed E-state index contributed by atoms with van der Waals surface area (Å²) in [6, 6.07) is 7.61. The van der Waals surface area contributed by atoms with Crippen LogP contribution in [0.25, 0.3) is 11.3 Å². The monoisotopic (exact) mass is 203 g/mol. The zero-order valence-corrected chi connectivity index (χ0v) is 8.51. The molecule has 0 atom stereocenters.